The van der Waals surface area contributed by atoms with E-state index in [1.54, 1.807) is 25.4 Å². The van der Waals surface area contributed by atoms with Crippen molar-refractivity contribution in [3.05, 3.63) is 53.7 Å². The van der Waals surface area contributed by atoms with Crippen LogP contribution in [-0.2, 0) is 11.4 Å². The number of rotatable bonds is 4. The van der Waals surface area contributed by atoms with E-state index in [1.807, 2.05) is 38.1 Å². The van der Waals surface area contributed by atoms with Gasteiger partial charge in [-0.2, -0.15) is 0 Å². The molecule has 2 rings (SSSR count). The zero-order valence-electron chi connectivity index (χ0n) is 13.4. The molecule has 22 heavy (non-hydrogen) atoms. The van der Waals surface area contributed by atoms with E-state index in [4.69, 9.17) is 9.94 Å². The first-order chi connectivity index (χ1) is 10.7. The molecule has 0 aliphatic carbocycles. The summed E-state index contributed by atoms with van der Waals surface area (Å²) in [5, 5.41) is 10.2. The van der Waals surface area contributed by atoms with Gasteiger partial charge in [0.25, 0.3) is 5.91 Å². The standard InChI is InChI=1S/C15H16N2O3.C2H6/c1-17(20-2)15(19)13-7-8-16-14(9-13)12-5-3-11(10-18)4-6-12;1-2/h3-9,18H,10H2,1-2H3;1-2H3. The number of aliphatic hydroxyl groups excluding tert-OH is 1. The second-order valence-corrected chi connectivity index (χ2v) is 4.27. The summed E-state index contributed by atoms with van der Waals surface area (Å²) in [5.41, 5.74) is 2.92. The van der Waals surface area contributed by atoms with Gasteiger partial charge in [-0.05, 0) is 17.7 Å². The molecule has 1 amide bonds. The van der Waals surface area contributed by atoms with E-state index in [-0.39, 0.29) is 12.5 Å². The number of amides is 1. The van der Waals surface area contributed by atoms with Gasteiger partial charge in [0.15, 0.2) is 0 Å². The van der Waals surface area contributed by atoms with Crippen LogP contribution in [0.5, 0.6) is 0 Å². The third-order valence-corrected chi connectivity index (χ3v) is 3.00. The Morgan fingerprint density at radius 1 is 1.23 bits per heavy atom. The molecule has 1 heterocycles. The SMILES string of the molecule is CC.CON(C)C(=O)c1ccnc(-c2ccc(CO)cc2)c1. The Kier molecular flexibility index (Phi) is 7.22. The number of hydrogen-bond acceptors (Lipinski definition) is 4. The number of carbonyl (C=O) groups is 1. The van der Waals surface area contributed by atoms with Gasteiger partial charge in [0.05, 0.1) is 19.4 Å². The maximum Gasteiger partial charge on any atom is 0.277 e. The number of benzene rings is 1. The minimum absolute atomic E-state index is 0.00483. The quantitative estimate of drug-likeness (QED) is 0.882. The second-order valence-electron chi connectivity index (χ2n) is 4.27. The van der Waals surface area contributed by atoms with E-state index in [1.165, 1.54) is 7.11 Å². The number of nitrogens with zero attached hydrogens (tertiary/aromatic N) is 2. The number of hydroxylamine groups is 2. The van der Waals surface area contributed by atoms with Gasteiger partial charge in [-0.15, -0.1) is 0 Å². The third kappa shape index (κ3) is 4.38. The minimum atomic E-state index is -0.233. The molecule has 0 radical (unpaired) electrons. The van der Waals surface area contributed by atoms with Gasteiger partial charge in [-0.25, -0.2) is 5.06 Å². The molecule has 0 atom stereocenters. The summed E-state index contributed by atoms with van der Waals surface area (Å²) in [5.74, 6) is -0.233. The first-order valence-corrected chi connectivity index (χ1v) is 7.14. The Balaban J connectivity index is 0.00000116. The molecule has 0 unspecified atom stereocenters. The lowest BCUT2D eigenvalue weighted by Gasteiger charge is -2.13. The van der Waals surface area contributed by atoms with E-state index in [9.17, 15) is 4.79 Å². The zero-order valence-corrected chi connectivity index (χ0v) is 13.4. The second kappa shape index (κ2) is 8.92. The number of pyridine rings is 1. The Labute approximate surface area is 131 Å². The first-order valence-electron chi connectivity index (χ1n) is 7.14. The highest BCUT2D eigenvalue weighted by atomic mass is 16.7. The van der Waals surface area contributed by atoms with Crippen LogP contribution < -0.4 is 0 Å². The lowest BCUT2D eigenvalue weighted by molar-refractivity contribution is -0.0757. The Morgan fingerprint density at radius 3 is 2.41 bits per heavy atom. The summed E-state index contributed by atoms with van der Waals surface area (Å²) < 4.78 is 0. The molecule has 0 bridgehead atoms. The smallest absolute Gasteiger partial charge is 0.277 e. The molecule has 2 aromatic rings. The molecule has 118 valence electrons. The summed E-state index contributed by atoms with van der Waals surface area (Å²) in [6.45, 7) is 4.00. The molecule has 0 spiro atoms. The predicted molar refractivity (Wildman–Crippen MR) is 86.0 cm³/mol. The van der Waals surface area contributed by atoms with Gasteiger partial charge >= 0.3 is 0 Å². The van der Waals surface area contributed by atoms with Crippen molar-refractivity contribution in [3.8, 4) is 11.3 Å². The maximum atomic E-state index is 12.0. The molecular formula is C17H22N2O3. The van der Waals surface area contributed by atoms with Crippen molar-refractivity contribution in [2.45, 2.75) is 20.5 Å². The molecular weight excluding hydrogens is 280 g/mol. The normalized spacial score (nSPS) is 9.68. The van der Waals surface area contributed by atoms with Crippen molar-refractivity contribution in [2.24, 2.45) is 0 Å². The lowest BCUT2D eigenvalue weighted by Crippen LogP contribution is -2.25. The highest BCUT2D eigenvalue weighted by Crippen LogP contribution is 2.19. The third-order valence-electron chi connectivity index (χ3n) is 3.00. The van der Waals surface area contributed by atoms with E-state index in [0.29, 0.717) is 11.3 Å². The monoisotopic (exact) mass is 302 g/mol. The molecule has 0 saturated carbocycles. The van der Waals surface area contributed by atoms with Gasteiger partial charge in [0, 0.05) is 24.4 Å². The zero-order chi connectivity index (χ0) is 16.5. The summed E-state index contributed by atoms with van der Waals surface area (Å²) in [6.07, 6.45) is 1.59. The largest absolute Gasteiger partial charge is 0.392 e. The number of aliphatic hydroxyl groups is 1. The van der Waals surface area contributed by atoms with Gasteiger partial charge in [0.2, 0.25) is 0 Å². The number of aromatic nitrogens is 1. The van der Waals surface area contributed by atoms with Gasteiger partial charge < -0.3 is 5.11 Å². The molecule has 0 aliphatic heterocycles. The van der Waals surface area contributed by atoms with Crippen LogP contribution in [0.4, 0.5) is 0 Å². The summed E-state index contributed by atoms with van der Waals surface area (Å²) in [7, 11) is 2.99. The molecule has 0 aliphatic rings. The van der Waals surface area contributed by atoms with Gasteiger partial charge in [-0.1, -0.05) is 38.1 Å². The fraction of sp³-hybridized carbons (Fsp3) is 0.294. The molecule has 5 heteroatoms. The lowest BCUT2D eigenvalue weighted by atomic mass is 10.1. The van der Waals surface area contributed by atoms with Crippen LogP contribution in [0.15, 0.2) is 42.6 Å². The number of hydrogen-bond donors (Lipinski definition) is 1. The fourth-order valence-corrected chi connectivity index (χ4v) is 1.77. The van der Waals surface area contributed by atoms with Gasteiger partial charge in [0.1, 0.15) is 0 Å². The van der Waals surface area contributed by atoms with Gasteiger partial charge in [-0.3, -0.25) is 14.6 Å². The summed E-state index contributed by atoms with van der Waals surface area (Å²) in [4.78, 5) is 21.1. The topological polar surface area (TPSA) is 62.7 Å². The van der Waals surface area contributed by atoms with E-state index in [0.717, 1.165) is 16.2 Å². The van der Waals surface area contributed by atoms with Crippen LogP contribution in [0, 0.1) is 0 Å². The van der Waals surface area contributed by atoms with Crippen molar-refractivity contribution in [1.29, 1.82) is 0 Å². The van der Waals surface area contributed by atoms with Crippen LogP contribution in [0.3, 0.4) is 0 Å². The Hall–Kier alpha value is -2.24. The molecule has 1 aromatic heterocycles. The van der Waals surface area contributed by atoms with E-state index >= 15 is 0 Å². The Morgan fingerprint density at radius 2 is 1.86 bits per heavy atom. The van der Waals surface area contributed by atoms with Crippen molar-refractivity contribution in [3.63, 3.8) is 0 Å². The van der Waals surface area contributed by atoms with Crippen LogP contribution in [0.1, 0.15) is 29.8 Å². The molecule has 1 N–H and O–H groups in total. The average Bonchev–Trinajstić information content (AvgIpc) is 2.62. The van der Waals surface area contributed by atoms with Crippen LogP contribution in [0.25, 0.3) is 11.3 Å². The molecule has 0 fully saturated rings. The Bertz CT molecular complexity index is 597. The summed E-state index contributed by atoms with van der Waals surface area (Å²) >= 11 is 0. The van der Waals surface area contributed by atoms with Crippen molar-refractivity contribution >= 4 is 5.91 Å². The van der Waals surface area contributed by atoms with Crippen LogP contribution in [-0.4, -0.2) is 35.2 Å². The van der Waals surface area contributed by atoms with Crippen LogP contribution >= 0.6 is 0 Å². The van der Waals surface area contributed by atoms with E-state index in [2.05, 4.69) is 4.98 Å². The van der Waals surface area contributed by atoms with Crippen molar-refractivity contribution in [2.75, 3.05) is 14.2 Å². The highest BCUT2D eigenvalue weighted by Gasteiger charge is 2.12. The molecule has 0 saturated heterocycles. The highest BCUT2D eigenvalue weighted by molar-refractivity contribution is 5.94. The van der Waals surface area contributed by atoms with E-state index < -0.39 is 0 Å². The first kappa shape index (κ1) is 17.8. The predicted octanol–water partition coefficient (Wildman–Crippen LogP) is 2.90. The van der Waals surface area contributed by atoms with Crippen molar-refractivity contribution in [1.82, 2.24) is 10.0 Å². The van der Waals surface area contributed by atoms with Crippen molar-refractivity contribution < 1.29 is 14.7 Å². The average molecular weight is 302 g/mol. The number of carbonyl (C=O) groups excluding carboxylic acids is 1. The minimum Gasteiger partial charge on any atom is -0.392 e. The fourth-order valence-electron chi connectivity index (χ4n) is 1.77. The van der Waals surface area contributed by atoms with Crippen LogP contribution in [0.2, 0.25) is 0 Å². The maximum absolute atomic E-state index is 12.0. The molecule has 5 nitrogen and oxygen atoms in total. The summed E-state index contributed by atoms with van der Waals surface area (Å²) in [6, 6.07) is 10.7. The molecule has 1 aromatic carbocycles.